The van der Waals surface area contributed by atoms with Gasteiger partial charge >= 0.3 is 0 Å². The molecule has 0 spiro atoms. The Hall–Kier alpha value is -2.93. The van der Waals surface area contributed by atoms with Crippen LogP contribution in [0.5, 0.6) is 5.75 Å². The van der Waals surface area contributed by atoms with E-state index < -0.39 is 10.8 Å². The number of hydrazone groups is 1. The lowest BCUT2D eigenvalue weighted by Crippen LogP contribution is -2.25. The van der Waals surface area contributed by atoms with Crippen molar-refractivity contribution in [2.24, 2.45) is 5.10 Å². The summed E-state index contributed by atoms with van der Waals surface area (Å²) in [6.45, 7) is 3.58. The molecule has 8 heteroatoms. The van der Waals surface area contributed by atoms with Gasteiger partial charge in [0.1, 0.15) is 5.75 Å². The normalized spacial score (nSPS) is 10.7. The van der Waals surface area contributed by atoms with Gasteiger partial charge in [-0.1, -0.05) is 29.8 Å². The number of para-hydroxylation sites is 1. The van der Waals surface area contributed by atoms with Crippen molar-refractivity contribution in [2.45, 2.75) is 13.8 Å². The number of aryl methyl sites for hydroxylation is 2. The highest BCUT2D eigenvalue weighted by molar-refractivity contribution is 6.33. The average molecular weight is 362 g/mol. The number of halogens is 1. The summed E-state index contributed by atoms with van der Waals surface area (Å²) in [5, 5.41) is 14.8. The number of carbonyl (C=O) groups is 1. The van der Waals surface area contributed by atoms with Crippen molar-refractivity contribution < 1.29 is 14.5 Å². The molecule has 0 saturated heterocycles. The van der Waals surface area contributed by atoms with E-state index in [1.807, 2.05) is 32.0 Å². The summed E-state index contributed by atoms with van der Waals surface area (Å²) in [5.41, 5.74) is 4.36. The molecule has 0 unspecified atom stereocenters. The minimum Gasteiger partial charge on any atom is -0.483 e. The Morgan fingerprint density at radius 3 is 2.64 bits per heavy atom. The lowest BCUT2D eigenvalue weighted by Gasteiger charge is -2.10. The van der Waals surface area contributed by atoms with Crippen molar-refractivity contribution in [3.05, 3.63) is 68.2 Å². The van der Waals surface area contributed by atoms with E-state index in [2.05, 4.69) is 10.5 Å². The molecule has 0 bridgehead atoms. The first kappa shape index (κ1) is 18.4. The second kappa shape index (κ2) is 8.25. The highest BCUT2D eigenvalue weighted by Crippen LogP contribution is 2.22. The maximum absolute atomic E-state index is 11.8. The molecule has 0 fully saturated rings. The molecule has 0 aliphatic rings. The first-order valence-corrected chi connectivity index (χ1v) is 7.71. The molecule has 7 nitrogen and oxygen atoms in total. The van der Waals surface area contributed by atoms with Gasteiger partial charge in [-0.15, -0.1) is 0 Å². The highest BCUT2D eigenvalue weighted by Gasteiger charge is 2.09. The Morgan fingerprint density at radius 2 is 2.00 bits per heavy atom. The van der Waals surface area contributed by atoms with Crippen molar-refractivity contribution in [3.8, 4) is 5.75 Å². The number of benzene rings is 2. The van der Waals surface area contributed by atoms with Crippen molar-refractivity contribution in [1.29, 1.82) is 0 Å². The van der Waals surface area contributed by atoms with E-state index in [0.717, 1.165) is 11.1 Å². The molecule has 0 aromatic heterocycles. The molecule has 0 atom stereocenters. The van der Waals surface area contributed by atoms with Gasteiger partial charge in [0, 0.05) is 22.7 Å². The van der Waals surface area contributed by atoms with Gasteiger partial charge in [0.2, 0.25) is 0 Å². The van der Waals surface area contributed by atoms with Gasteiger partial charge in [0.05, 0.1) is 11.1 Å². The number of amides is 1. The third-order valence-electron chi connectivity index (χ3n) is 3.34. The minimum atomic E-state index is -0.537. The summed E-state index contributed by atoms with van der Waals surface area (Å²) in [7, 11) is 0. The molecule has 1 N–H and O–H groups in total. The summed E-state index contributed by atoms with van der Waals surface area (Å²) in [5.74, 6) is 0.198. The zero-order valence-electron chi connectivity index (χ0n) is 13.7. The van der Waals surface area contributed by atoms with E-state index in [1.165, 1.54) is 24.4 Å². The van der Waals surface area contributed by atoms with Crippen LogP contribution in [-0.4, -0.2) is 23.7 Å². The predicted molar refractivity (Wildman–Crippen MR) is 95.3 cm³/mol. The third-order valence-corrected chi connectivity index (χ3v) is 3.68. The summed E-state index contributed by atoms with van der Waals surface area (Å²) in [6, 6.07) is 9.64. The van der Waals surface area contributed by atoms with Crippen LogP contribution < -0.4 is 10.2 Å². The largest absolute Gasteiger partial charge is 0.483 e. The van der Waals surface area contributed by atoms with Gasteiger partial charge in [-0.2, -0.15) is 5.10 Å². The molecule has 0 heterocycles. The van der Waals surface area contributed by atoms with Crippen molar-refractivity contribution >= 4 is 29.4 Å². The number of rotatable bonds is 6. The number of ether oxygens (including phenoxy) is 1. The molecule has 25 heavy (non-hydrogen) atoms. The first-order valence-electron chi connectivity index (χ1n) is 7.33. The second-order valence-corrected chi connectivity index (χ2v) is 5.67. The van der Waals surface area contributed by atoms with Crippen LogP contribution in [0.2, 0.25) is 5.02 Å². The first-order chi connectivity index (χ1) is 11.9. The summed E-state index contributed by atoms with van der Waals surface area (Å²) in [4.78, 5) is 22.0. The maximum atomic E-state index is 11.8. The van der Waals surface area contributed by atoms with Crippen molar-refractivity contribution in [1.82, 2.24) is 5.43 Å². The van der Waals surface area contributed by atoms with Gasteiger partial charge in [0.25, 0.3) is 11.6 Å². The fraction of sp³-hybridized carbons (Fsp3) is 0.176. The van der Waals surface area contributed by atoms with Crippen LogP contribution in [0.1, 0.15) is 16.7 Å². The standard InChI is InChI=1S/C17H16ClN3O4/c1-11-4-3-5-12(2)17(11)25-10-16(22)20-19-9-13-8-14(21(23)24)6-7-15(13)18/h3-9H,10H2,1-2H3,(H,20,22). The molecule has 2 rings (SSSR count). The van der Waals surface area contributed by atoms with Crippen LogP contribution in [0, 0.1) is 24.0 Å². The molecular weight excluding hydrogens is 346 g/mol. The van der Waals surface area contributed by atoms with Crippen LogP contribution in [0.15, 0.2) is 41.5 Å². The molecule has 0 radical (unpaired) electrons. The van der Waals surface area contributed by atoms with Gasteiger partial charge in [-0.25, -0.2) is 5.43 Å². The number of nitro benzene ring substituents is 1. The van der Waals surface area contributed by atoms with E-state index in [4.69, 9.17) is 16.3 Å². The fourth-order valence-corrected chi connectivity index (χ4v) is 2.28. The minimum absolute atomic E-state index is 0.115. The smallest absolute Gasteiger partial charge is 0.277 e. The molecule has 2 aromatic rings. The molecule has 130 valence electrons. The molecule has 0 saturated carbocycles. The van der Waals surface area contributed by atoms with E-state index >= 15 is 0 Å². The topological polar surface area (TPSA) is 93.8 Å². The molecular formula is C17H16ClN3O4. The molecule has 1 amide bonds. The van der Waals surface area contributed by atoms with Gasteiger partial charge < -0.3 is 4.74 Å². The average Bonchev–Trinajstić information content (AvgIpc) is 2.56. The number of hydrogen-bond donors (Lipinski definition) is 1. The summed E-state index contributed by atoms with van der Waals surface area (Å²) >= 11 is 5.94. The molecule has 2 aromatic carbocycles. The Balaban J connectivity index is 1.95. The molecule has 0 aliphatic carbocycles. The second-order valence-electron chi connectivity index (χ2n) is 5.27. The quantitative estimate of drug-likeness (QED) is 0.484. The predicted octanol–water partition coefficient (Wildman–Crippen LogP) is 3.39. The van der Waals surface area contributed by atoms with Crippen LogP contribution in [0.25, 0.3) is 0 Å². The molecule has 0 aliphatic heterocycles. The number of nitro groups is 1. The van der Waals surface area contributed by atoms with Crippen LogP contribution in [0.4, 0.5) is 5.69 Å². The SMILES string of the molecule is Cc1cccc(C)c1OCC(=O)NN=Cc1cc([N+](=O)[O-])ccc1Cl. The van der Waals surface area contributed by atoms with E-state index in [0.29, 0.717) is 11.3 Å². The van der Waals surface area contributed by atoms with Crippen LogP contribution in [-0.2, 0) is 4.79 Å². The zero-order valence-corrected chi connectivity index (χ0v) is 14.4. The Kier molecular flexibility index (Phi) is 6.08. The number of hydrogen-bond acceptors (Lipinski definition) is 5. The lowest BCUT2D eigenvalue weighted by atomic mass is 10.1. The number of non-ortho nitro benzene ring substituents is 1. The van der Waals surface area contributed by atoms with Gasteiger partial charge in [0.15, 0.2) is 6.61 Å². The fourth-order valence-electron chi connectivity index (χ4n) is 2.11. The number of nitrogens with zero attached hydrogens (tertiary/aromatic N) is 2. The zero-order chi connectivity index (χ0) is 18.4. The van der Waals surface area contributed by atoms with Crippen LogP contribution >= 0.6 is 11.6 Å². The Bertz CT molecular complexity index is 816. The number of carbonyl (C=O) groups excluding carboxylic acids is 1. The maximum Gasteiger partial charge on any atom is 0.277 e. The van der Waals surface area contributed by atoms with Gasteiger partial charge in [-0.05, 0) is 31.0 Å². The Labute approximate surface area is 149 Å². The van der Waals surface area contributed by atoms with Crippen LogP contribution in [0.3, 0.4) is 0 Å². The van der Waals surface area contributed by atoms with Crippen molar-refractivity contribution in [3.63, 3.8) is 0 Å². The number of nitrogens with one attached hydrogen (secondary N) is 1. The van der Waals surface area contributed by atoms with Crippen molar-refractivity contribution in [2.75, 3.05) is 6.61 Å². The monoisotopic (exact) mass is 361 g/mol. The van der Waals surface area contributed by atoms with Gasteiger partial charge in [-0.3, -0.25) is 14.9 Å². The van der Waals surface area contributed by atoms with E-state index in [9.17, 15) is 14.9 Å². The third kappa shape index (κ3) is 5.02. The Morgan fingerprint density at radius 1 is 1.32 bits per heavy atom. The van der Waals surface area contributed by atoms with E-state index in [1.54, 1.807) is 0 Å². The van der Waals surface area contributed by atoms with E-state index in [-0.39, 0.29) is 17.3 Å². The lowest BCUT2D eigenvalue weighted by molar-refractivity contribution is -0.384. The summed E-state index contributed by atoms with van der Waals surface area (Å²) < 4.78 is 5.51. The highest BCUT2D eigenvalue weighted by atomic mass is 35.5. The summed E-state index contributed by atoms with van der Waals surface area (Å²) in [6.07, 6.45) is 1.24.